The maximum atomic E-state index is 17.0. The van der Waals surface area contributed by atoms with Crippen molar-refractivity contribution in [3.8, 4) is 0 Å². The van der Waals surface area contributed by atoms with Crippen LogP contribution >= 0.6 is 11.8 Å². The molecular weight excluding hydrogens is 419 g/mol. The summed E-state index contributed by atoms with van der Waals surface area (Å²) in [6.45, 7) is 5.41. The van der Waals surface area contributed by atoms with E-state index in [-0.39, 0.29) is 42.2 Å². The van der Waals surface area contributed by atoms with Gasteiger partial charge in [0.1, 0.15) is 5.60 Å². The number of ketones is 2. The molecule has 4 rings (SSSR count). The Balaban J connectivity index is 1.73. The predicted molar refractivity (Wildman–Crippen MR) is 117 cm³/mol. The highest BCUT2D eigenvalue weighted by molar-refractivity contribution is 7.99. The first kappa shape index (κ1) is 23.1. The van der Waals surface area contributed by atoms with Crippen LogP contribution in [-0.2, 0) is 9.59 Å². The van der Waals surface area contributed by atoms with Crippen molar-refractivity contribution in [2.75, 3.05) is 18.1 Å². The van der Waals surface area contributed by atoms with Crippen molar-refractivity contribution in [1.29, 1.82) is 0 Å². The fourth-order valence-electron chi connectivity index (χ4n) is 7.48. The minimum Gasteiger partial charge on any atom is -0.396 e. The molecule has 5 nitrogen and oxygen atoms in total. The molecule has 0 amide bonds. The average Bonchev–Trinajstić information content (AvgIpc) is 2.91. The number of rotatable bonds is 5. The Morgan fingerprint density at radius 1 is 1.32 bits per heavy atom. The van der Waals surface area contributed by atoms with Gasteiger partial charge in [0.05, 0.1) is 18.5 Å². The maximum Gasteiger partial charge on any atom is 0.178 e. The molecule has 0 aromatic rings. The Bertz CT molecular complexity index is 857. The molecule has 0 aromatic heterocycles. The molecule has 0 aliphatic heterocycles. The molecule has 31 heavy (non-hydrogen) atoms. The van der Waals surface area contributed by atoms with E-state index in [0.29, 0.717) is 25.0 Å². The van der Waals surface area contributed by atoms with E-state index < -0.39 is 34.1 Å². The molecular formula is C24H33FO5S. The second-order valence-corrected chi connectivity index (χ2v) is 11.5. The molecule has 3 saturated carbocycles. The highest BCUT2D eigenvalue weighted by atomic mass is 32.2. The van der Waals surface area contributed by atoms with Crippen molar-refractivity contribution >= 4 is 23.3 Å². The lowest BCUT2D eigenvalue weighted by molar-refractivity contribution is -0.218. The molecule has 0 aromatic carbocycles. The van der Waals surface area contributed by atoms with E-state index in [1.54, 1.807) is 13.0 Å². The number of alkyl halides is 1. The number of hydrogen-bond acceptors (Lipinski definition) is 6. The number of carbonyl (C=O) groups excluding carboxylic acids is 2. The van der Waals surface area contributed by atoms with E-state index in [9.17, 15) is 19.8 Å². The number of aliphatic hydroxyl groups is 3. The third kappa shape index (κ3) is 2.85. The van der Waals surface area contributed by atoms with Gasteiger partial charge in [0.25, 0.3) is 0 Å². The van der Waals surface area contributed by atoms with Gasteiger partial charge in [-0.3, -0.25) is 9.59 Å². The van der Waals surface area contributed by atoms with Crippen LogP contribution < -0.4 is 0 Å². The quantitative estimate of drug-likeness (QED) is 0.555. The second kappa shape index (κ2) is 7.51. The van der Waals surface area contributed by atoms with Crippen LogP contribution in [0.5, 0.6) is 0 Å². The lowest BCUT2D eigenvalue weighted by Crippen LogP contribution is -2.69. The maximum absolute atomic E-state index is 17.0. The minimum absolute atomic E-state index is 0.00737. The number of thioether (sulfide) groups is 1. The molecule has 4 aliphatic rings. The van der Waals surface area contributed by atoms with E-state index in [4.69, 9.17) is 5.11 Å². The number of fused-ring (bicyclic) bond motifs is 5. The Kier molecular flexibility index (Phi) is 5.60. The summed E-state index contributed by atoms with van der Waals surface area (Å²) in [6.07, 6.45) is 4.71. The van der Waals surface area contributed by atoms with E-state index in [1.165, 1.54) is 23.9 Å². The molecule has 8 atom stereocenters. The van der Waals surface area contributed by atoms with Crippen molar-refractivity contribution in [3.05, 3.63) is 23.8 Å². The zero-order valence-electron chi connectivity index (χ0n) is 18.4. The molecule has 0 heterocycles. The number of aliphatic hydroxyl groups excluding tert-OH is 2. The van der Waals surface area contributed by atoms with Crippen molar-refractivity contribution in [3.63, 3.8) is 0 Å². The summed E-state index contributed by atoms with van der Waals surface area (Å²) in [4.78, 5) is 25.1. The van der Waals surface area contributed by atoms with Crippen LogP contribution in [0.1, 0.15) is 46.5 Å². The van der Waals surface area contributed by atoms with E-state index >= 15 is 4.39 Å². The summed E-state index contributed by atoms with van der Waals surface area (Å²) in [5, 5.41) is 32.1. The Morgan fingerprint density at radius 3 is 2.71 bits per heavy atom. The fourth-order valence-corrected chi connectivity index (χ4v) is 8.16. The van der Waals surface area contributed by atoms with Gasteiger partial charge in [-0.05, 0) is 56.6 Å². The SMILES string of the molecule is C[C@@H]1C[C@H]2[C@@H]3CCC4=CC(=O)C=C[C@]4(C)[C@@]3(F)[C@@H](O)C[C@]2(C)[C@@]1(O)C(=O)CSCCO. The standard InChI is InChI=1S/C24H33FO5S/c1-14-10-18-17-5-4-15-11-16(27)6-7-21(15,2)23(17,25)19(28)12-22(18,3)24(14,30)20(29)13-31-9-8-26/h6-7,11,14,17-19,26,28,30H,4-5,8-10,12-13H2,1-3H3/t14-,17+,18+,19+,21+,22+,23+,24+/m1/s1. The first-order chi connectivity index (χ1) is 14.5. The van der Waals surface area contributed by atoms with Gasteiger partial charge in [-0.1, -0.05) is 25.5 Å². The van der Waals surface area contributed by atoms with Crippen molar-refractivity contribution < 1.29 is 29.3 Å². The Labute approximate surface area is 187 Å². The van der Waals surface area contributed by atoms with Crippen LogP contribution in [0.4, 0.5) is 4.39 Å². The third-order valence-corrected chi connectivity index (χ3v) is 10.1. The molecule has 0 saturated heterocycles. The normalized spacial score (nSPS) is 48.6. The lowest BCUT2D eigenvalue weighted by Gasteiger charge is -2.62. The van der Waals surface area contributed by atoms with Gasteiger partial charge in [0.15, 0.2) is 17.2 Å². The zero-order chi connectivity index (χ0) is 22.8. The predicted octanol–water partition coefficient (Wildman–Crippen LogP) is 2.63. The van der Waals surface area contributed by atoms with Gasteiger partial charge >= 0.3 is 0 Å². The number of hydrogen-bond donors (Lipinski definition) is 3. The van der Waals surface area contributed by atoms with Crippen LogP contribution in [0.3, 0.4) is 0 Å². The zero-order valence-corrected chi connectivity index (χ0v) is 19.3. The molecule has 3 fully saturated rings. The number of Topliss-reactive ketones (excluding diaryl/α,β-unsaturated/α-hetero) is 1. The second-order valence-electron chi connectivity index (χ2n) is 10.4. The summed E-state index contributed by atoms with van der Waals surface area (Å²) in [7, 11) is 0. The first-order valence-corrected chi connectivity index (χ1v) is 12.4. The largest absolute Gasteiger partial charge is 0.396 e. The molecule has 0 radical (unpaired) electrons. The van der Waals surface area contributed by atoms with Crippen LogP contribution in [-0.4, -0.2) is 62.4 Å². The van der Waals surface area contributed by atoms with Crippen LogP contribution in [0.2, 0.25) is 0 Å². The Morgan fingerprint density at radius 2 is 2.03 bits per heavy atom. The summed E-state index contributed by atoms with van der Waals surface area (Å²) >= 11 is 1.28. The third-order valence-electron chi connectivity index (χ3n) is 9.12. The van der Waals surface area contributed by atoms with Gasteiger partial charge in [-0.2, -0.15) is 11.8 Å². The summed E-state index contributed by atoms with van der Waals surface area (Å²) in [5.74, 6) is -1.08. The van der Waals surface area contributed by atoms with Crippen LogP contribution in [0.25, 0.3) is 0 Å². The highest BCUT2D eigenvalue weighted by Gasteiger charge is 2.75. The molecule has 3 N–H and O–H groups in total. The van der Waals surface area contributed by atoms with Crippen molar-refractivity contribution in [2.24, 2.45) is 28.6 Å². The van der Waals surface area contributed by atoms with Gasteiger partial charge in [-0.25, -0.2) is 4.39 Å². The average molecular weight is 453 g/mol. The highest BCUT2D eigenvalue weighted by Crippen LogP contribution is 2.70. The first-order valence-electron chi connectivity index (χ1n) is 11.2. The Hall–Kier alpha value is -1.02. The van der Waals surface area contributed by atoms with Crippen molar-refractivity contribution in [1.82, 2.24) is 0 Å². The summed E-state index contributed by atoms with van der Waals surface area (Å²) in [6, 6.07) is 0. The van der Waals surface area contributed by atoms with Gasteiger partial charge in [-0.15, -0.1) is 0 Å². The van der Waals surface area contributed by atoms with Gasteiger partial charge in [0, 0.05) is 22.5 Å². The molecule has 7 heteroatoms. The lowest BCUT2D eigenvalue weighted by atomic mass is 9.44. The van der Waals surface area contributed by atoms with Crippen LogP contribution in [0, 0.1) is 28.6 Å². The fraction of sp³-hybridized carbons (Fsp3) is 0.750. The minimum atomic E-state index is -1.96. The smallest absolute Gasteiger partial charge is 0.178 e. The topological polar surface area (TPSA) is 94.8 Å². The summed E-state index contributed by atoms with van der Waals surface area (Å²) in [5.41, 5.74) is -4.89. The van der Waals surface area contributed by atoms with E-state index in [0.717, 1.165) is 5.57 Å². The molecule has 172 valence electrons. The summed E-state index contributed by atoms with van der Waals surface area (Å²) < 4.78 is 17.0. The van der Waals surface area contributed by atoms with Gasteiger partial charge in [0.2, 0.25) is 0 Å². The number of carbonyl (C=O) groups is 2. The molecule has 0 unspecified atom stereocenters. The van der Waals surface area contributed by atoms with E-state index in [1.807, 2.05) is 13.8 Å². The molecule has 0 bridgehead atoms. The van der Waals surface area contributed by atoms with E-state index in [2.05, 4.69) is 0 Å². The monoisotopic (exact) mass is 452 g/mol. The number of halogens is 1. The van der Waals surface area contributed by atoms with Gasteiger partial charge < -0.3 is 15.3 Å². The van der Waals surface area contributed by atoms with Crippen LogP contribution in [0.15, 0.2) is 23.8 Å². The van der Waals surface area contributed by atoms with Crippen molar-refractivity contribution in [2.45, 2.75) is 63.8 Å². The molecule has 4 aliphatic carbocycles. The molecule has 0 spiro atoms. The number of allylic oxidation sites excluding steroid dienone is 4.